The number of rotatable bonds is 13. The van der Waals surface area contributed by atoms with Crippen LogP contribution in [0.5, 0.6) is 11.5 Å². The first kappa shape index (κ1) is 27.3. The number of thioether (sulfide) groups is 1. The van der Waals surface area contributed by atoms with Crippen LogP contribution in [0.15, 0.2) is 23.1 Å². The third-order valence-electron chi connectivity index (χ3n) is 3.98. The zero-order chi connectivity index (χ0) is 25.1. The minimum absolute atomic E-state index is 0.220. The normalized spacial score (nSPS) is 12.9. The van der Waals surface area contributed by atoms with Crippen LogP contribution in [0.25, 0.3) is 6.08 Å². The molecule has 0 aliphatic rings. The summed E-state index contributed by atoms with van der Waals surface area (Å²) in [6.07, 6.45) is 0.601. The van der Waals surface area contributed by atoms with Gasteiger partial charge in [0.25, 0.3) is 0 Å². The van der Waals surface area contributed by atoms with Gasteiger partial charge in [0.2, 0.25) is 11.8 Å². The van der Waals surface area contributed by atoms with Crippen molar-refractivity contribution in [2.75, 3.05) is 12.3 Å². The smallest absolute Gasteiger partial charge is 0.342 e. The van der Waals surface area contributed by atoms with Gasteiger partial charge in [-0.2, -0.15) is 0 Å². The van der Waals surface area contributed by atoms with Crippen LogP contribution >= 0.6 is 11.8 Å². The first-order valence-electron chi connectivity index (χ1n) is 9.27. The lowest BCUT2D eigenvalue weighted by atomic mass is 10.1. The van der Waals surface area contributed by atoms with Crippen LogP contribution in [0, 0.1) is 0 Å². The third-order valence-corrected chi connectivity index (χ3v) is 5.08. The second-order valence-corrected chi connectivity index (χ2v) is 7.65. The number of carbonyl (C=O) groups is 5. The lowest BCUT2D eigenvalue weighted by Gasteiger charge is -2.18. The van der Waals surface area contributed by atoms with Crippen molar-refractivity contribution in [2.24, 2.45) is 5.73 Å². The summed E-state index contributed by atoms with van der Waals surface area (Å²) >= 11 is 0.652. The second-order valence-electron chi connectivity index (χ2n) is 6.59. The Kier molecular flexibility index (Phi) is 10.7. The van der Waals surface area contributed by atoms with Gasteiger partial charge in [-0.1, -0.05) is 6.07 Å². The van der Waals surface area contributed by atoms with Gasteiger partial charge < -0.3 is 41.9 Å². The molecule has 0 heterocycles. The third kappa shape index (κ3) is 9.92. The van der Waals surface area contributed by atoms with Gasteiger partial charge in [0.05, 0.1) is 4.91 Å². The van der Waals surface area contributed by atoms with Gasteiger partial charge in [-0.25, -0.2) is 4.79 Å². The topological polar surface area (TPSA) is 237 Å². The van der Waals surface area contributed by atoms with Gasteiger partial charge in [-0.15, -0.1) is 11.8 Å². The van der Waals surface area contributed by atoms with Crippen LogP contribution < -0.4 is 16.4 Å². The highest BCUT2D eigenvalue weighted by molar-refractivity contribution is 8.04. The van der Waals surface area contributed by atoms with Crippen LogP contribution in [0.3, 0.4) is 0 Å². The minimum atomic E-state index is -1.38. The lowest BCUT2D eigenvalue weighted by molar-refractivity contribution is -0.139. The Bertz CT molecular complexity index is 950. The highest BCUT2D eigenvalue weighted by atomic mass is 32.2. The zero-order valence-corrected chi connectivity index (χ0v) is 17.9. The summed E-state index contributed by atoms with van der Waals surface area (Å²) in [5.41, 5.74) is 5.56. The monoisotopic (exact) mass is 485 g/mol. The van der Waals surface area contributed by atoms with Gasteiger partial charge in [-0.3, -0.25) is 19.2 Å². The highest BCUT2D eigenvalue weighted by Crippen LogP contribution is 2.28. The van der Waals surface area contributed by atoms with Gasteiger partial charge in [0.1, 0.15) is 18.6 Å². The number of carbonyl (C=O) groups excluding carboxylic acids is 2. The quantitative estimate of drug-likeness (QED) is 0.126. The number of hydrogen-bond acceptors (Lipinski definition) is 9. The van der Waals surface area contributed by atoms with Crippen molar-refractivity contribution in [3.8, 4) is 11.5 Å². The molecule has 0 fully saturated rings. The SMILES string of the molecule is N[C@@H](CCC(=O)N[C@@H](CS/C(=C\c1ccc(O)c(O)c1)C(=O)O)C(=O)NCC(=O)O)C(=O)O. The van der Waals surface area contributed by atoms with E-state index >= 15 is 0 Å². The number of amides is 2. The van der Waals surface area contributed by atoms with Gasteiger partial charge in [0.15, 0.2) is 11.5 Å². The Morgan fingerprint density at radius 1 is 1.06 bits per heavy atom. The fraction of sp³-hybridized carbons (Fsp3) is 0.316. The number of carboxylic acid groups (broad SMARTS) is 3. The van der Waals surface area contributed by atoms with Gasteiger partial charge >= 0.3 is 17.9 Å². The van der Waals surface area contributed by atoms with E-state index in [1.807, 2.05) is 0 Å². The van der Waals surface area contributed by atoms with E-state index in [1.165, 1.54) is 6.07 Å². The van der Waals surface area contributed by atoms with E-state index in [4.69, 9.17) is 15.9 Å². The number of benzene rings is 1. The maximum atomic E-state index is 12.3. The summed E-state index contributed by atoms with van der Waals surface area (Å²) in [4.78, 5) is 57.2. The predicted octanol–water partition coefficient (Wildman–Crippen LogP) is -0.866. The summed E-state index contributed by atoms with van der Waals surface area (Å²) < 4.78 is 0. The van der Waals surface area contributed by atoms with E-state index in [-0.39, 0.29) is 29.1 Å². The number of nitrogens with one attached hydrogen (secondary N) is 2. The summed E-state index contributed by atoms with van der Waals surface area (Å²) in [6.45, 7) is -0.742. The molecule has 1 rings (SSSR count). The molecule has 2 amide bonds. The average molecular weight is 485 g/mol. The van der Waals surface area contributed by atoms with Crippen LogP contribution in [0.2, 0.25) is 0 Å². The summed E-state index contributed by atoms with van der Waals surface area (Å²) in [5, 5.41) is 50.2. The molecule has 33 heavy (non-hydrogen) atoms. The molecule has 1 aromatic rings. The van der Waals surface area contributed by atoms with E-state index in [9.17, 15) is 39.3 Å². The Morgan fingerprint density at radius 2 is 1.73 bits per heavy atom. The molecule has 9 N–H and O–H groups in total. The molecule has 0 aliphatic carbocycles. The fourth-order valence-electron chi connectivity index (χ4n) is 2.27. The largest absolute Gasteiger partial charge is 0.504 e. The molecule has 180 valence electrons. The van der Waals surface area contributed by atoms with E-state index in [0.29, 0.717) is 11.8 Å². The van der Waals surface area contributed by atoms with Crippen LogP contribution in [0.1, 0.15) is 18.4 Å². The van der Waals surface area contributed by atoms with E-state index in [2.05, 4.69) is 10.6 Å². The van der Waals surface area contributed by atoms with Crippen molar-refractivity contribution in [1.29, 1.82) is 0 Å². The molecular formula is C19H23N3O10S. The lowest BCUT2D eigenvalue weighted by Crippen LogP contribution is -2.49. The summed E-state index contributed by atoms with van der Waals surface area (Å²) in [5.74, 6) is -6.87. The molecular weight excluding hydrogens is 462 g/mol. The van der Waals surface area contributed by atoms with Crippen LogP contribution in [0.4, 0.5) is 0 Å². The number of aliphatic carboxylic acids is 3. The highest BCUT2D eigenvalue weighted by Gasteiger charge is 2.24. The molecule has 0 saturated heterocycles. The van der Waals surface area contributed by atoms with E-state index in [0.717, 1.165) is 18.2 Å². The van der Waals surface area contributed by atoms with E-state index in [1.54, 1.807) is 0 Å². The first-order valence-corrected chi connectivity index (χ1v) is 10.3. The molecule has 0 unspecified atom stereocenters. The van der Waals surface area contributed by atoms with Crippen molar-refractivity contribution < 1.29 is 49.5 Å². The number of carboxylic acids is 3. The minimum Gasteiger partial charge on any atom is -0.504 e. The maximum Gasteiger partial charge on any atom is 0.342 e. The zero-order valence-electron chi connectivity index (χ0n) is 17.1. The molecule has 0 aromatic heterocycles. The Hall–Kier alpha value is -3.78. The number of aromatic hydroxyl groups is 2. The Morgan fingerprint density at radius 3 is 2.27 bits per heavy atom. The molecule has 14 heteroatoms. The van der Waals surface area contributed by atoms with Gasteiger partial charge in [0, 0.05) is 12.2 Å². The molecule has 0 spiro atoms. The molecule has 1 aromatic carbocycles. The molecule has 2 atom stereocenters. The summed E-state index contributed by atoms with van der Waals surface area (Å²) in [7, 11) is 0. The first-order chi connectivity index (χ1) is 15.4. The fourth-order valence-corrected chi connectivity index (χ4v) is 3.19. The van der Waals surface area contributed by atoms with Crippen LogP contribution in [-0.4, -0.2) is 79.6 Å². The predicted molar refractivity (Wildman–Crippen MR) is 115 cm³/mol. The summed E-state index contributed by atoms with van der Waals surface area (Å²) in [6, 6.07) is 0.952. The van der Waals surface area contributed by atoms with Gasteiger partial charge in [-0.05, 0) is 30.2 Å². The Labute approximate surface area is 191 Å². The number of hydrogen-bond donors (Lipinski definition) is 8. The van der Waals surface area contributed by atoms with Crippen molar-refractivity contribution in [3.63, 3.8) is 0 Å². The Balaban J connectivity index is 2.95. The number of phenols is 2. The number of phenolic OH excluding ortho intramolecular Hbond substituents is 2. The van der Waals surface area contributed by atoms with Crippen molar-refractivity contribution in [3.05, 3.63) is 28.7 Å². The van der Waals surface area contributed by atoms with Crippen molar-refractivity contribution >= 4 is 47.6 Å². The molecule has 0 bridgehead atoms. The second kappa shape index (κ2) is 12.9. The van der Waals surface area contributed by atoms with E-state index < -0.39 is 59.8 Å². The maximum absolute atomic E-state index is 12.3. The standard InChI is InChI=1S/C19H23N3O10S/c20-10(18(29)30)2-4-15(25)22-11(17(28)21-7-16(26)27)8-33-14(19(31)32)6-9-1-3-12(23)13(24)5-9/h1,3,5-6,10-11,23-24H,2,4,7-8,20H2,(H,21,28)(H,22,25)(H,26,27)(H,29,30)(H,31,32)/b14-6-/t10-,11-/m0/s1. The van der Waals surface area contributed by atoms with Crippen LogP contribution in [-0.2, 0) is 24.0 Å². The van der Waals surface area contributed by atoms with Crippen molar-refractivity contribution in [1.82, 2.24) is 10.6 Å². The molecule has 0 radical (unpaired) electrons. The number of nitrogens with two attached hydrogens (primary N) is 1. The molecule has 0 saturated carbocycles. The molecule has 0 aliphatic heterocycles. The average Bonchev–Trinajstić information content (AvgIpc) is 2.74. The molecule has 13 nitrogen and oxygen atoms in total. The van der Waals surface area contributed by atoms with Crippen molar-refractivity contribution in [2.45, 2.75) is 24.9 Å².